The molecule has 1 heterocycles. The average molecular weight is 321 g/mol. The van der Waals surface area contributed by atoms with E-state index < -0.39 is 6.04 Å². The van der Waals surface area contributed by atoms with Crippen LogP contribution in [-0.4, -0.2) is 30.6 Å². The van der Waals surface area contributed by atoms with Crippen molar-refractivity contribution in [1.82, 2.24) is 16.0 Å². The Morgan fingerprint density at radius 2 is 2.04 bits per heavy atom. The van der Waals surface area contributed by atoms with E-state index >= 15 is 0 Å². The van der Waals surface area contributed by atoms with Gasteiger partial charge >= 0.3 is 6.03 Å². The molecule has 23 heavy (non-hydrogen) atoms. The Hall–Kier alpha value is -2.11. The summed E-state index contributed by atoms with van der Waals surface area (Å²) in [6.07, 6.45) is 2.13. The van der Waals surface area contributed by atoms with Crippen LogP contribution in [0.4, 0.5) is 9.18 Å². The Labute approximate surface area is 136 Å². The maximum Gasteiger partial charge on any atom is 0.315 e. The third-order valence-corrected chi connectivity index (χ3v) is 4.08. The maximum atomic E-state index is 13.0. The normalized spacial score (nSPS) is 19.1. The van der Waals surface area contributed by atoms with Gasteiger partial charge in [-0.1, -0.05) is 26.0 Å². The molecule has 0 saturated carbocycles. The Morgan fingerprint density at radius 3 is 2.65 bits per heavy atom. The molecule has 0 spiro atoms. The zero-order valence-corrected chi connectivity index (χ0v) is 13.6. The van der Waals surface area contributed by atoms with Crippen LogP contribution in [0, 0.1) is 11.7 Å². The molecule has 2 atom stereocenters. The molecule has 6 heteroatoms. The summed E-state index contributed by atoms with van der Waals surface area (Å²) >= 11 is 0. The van der Waals surface area contributed by atoms with Gasteiger partial charge in [-0.05, 0) is 42.9 Å². The zero-order valence-electron chi connectivity index (χ0n) is 13.6. The second kappa shape index (κ2) is 7.94. The molecule has 0 aromatic heterocycles. The largest absolute Gasteiger partial charge is 0.354 e. The van der Waals surface area contributed by atoms with Gasteiger partial charge in [0.1, 0.15) is 11.9 Å². The summed E-state index contributed by atoms with van der Waals surface area (Å²) in [5, 5.41) is 8.39. The zero-order chi connectivity index (χ0) is 16.8. The number of halogens is 1. The van der Waals surface area contributed by atoms with Crippen molar-refractivity contribution in [3.8, 4) is 0 Å². The molecule has 0 bridgehead atoms. The number of benzene rings is 1. The van der Waals surface area contributed by atoms with Gasteiger partial charge in [-0.25, -0.2) is 9.18 Å². The first-order valence-electron chi connectivity index (χ1n) is 8.05. The molecule has 1 saturated heterocycles. The van der Waals surface area contributed by atoms with Crippen LogP contribution >= 0.6 is 0 Å². The van der Waals surface area contributed by atoms with Crippen LogP contribution in [0.1, 0.15) is 32.3 Å². The fraction of sp³-hybridized carbons (Fsp3) is 0.529. The summed E-state index contributed by atoms with van der Waals surface area (Å²) in [4.78, 5) is 23.8. The van der Waals surface area contributed by atoms with Gasteiger partial charge in [0, 0.05) is 12.6 Å². The van der Waals surface area contributed by atoms with E-state index in [2.05, 4.69) is 16.0 Å². The molecule has 1 fully saturated rings. The summed E-state index contributed by atoms with van der Waals surface area (Å²) in [6.45, 7) is 4.70. The highest BCUT2D eigenvalue weighted by Crippen LogP contribution is 2.12. The van der Waals surface area contributed by atoms with Crippen molar-refractivity contribution in [2.24, 2.45) is 5.92 Å². The number of urea groups is 1. The first-order chi connectivity index (χ1) is 11.0. The van der Waals surface area contributed by atoms with Crippen LogP contribution in [0.15, 0.2) is 24.3 Å². The Kier molecular flexibility index (Phi) is 5.96. The van der Waals surface area contributed by atoms with Gasteiger partial charge in [0.2, 0.25) is 5.91 Å². The van der Waals surface area contributed by atoms with Crippen LogP contribution in [0.2, 0.25) is 0 Å². The number of hydrogen-bond donors (Lipinski definition) is 3. The number of carbonyl (C=O) groups excluding carboxylic acids is 2. The SMILES string of the molecule is CC(C)[C@H](Cc1ccc(F)cc1)NC(=O)N[C@H]1CCCNC1=O. The van der Waals surface area contributed by atoms with Crippen molar-refractivity contribution in [3.63, 3.8) is 0 Å². The molecule has 1 aliphatic rings. The van der Waals surface area contributed by atoms with Crippen LogP contribution < -0.4 is 16.0 Å². The summed E-state index contributed by atoms with van der Waals surface area (Å²) in [6, 6.07) is 5.37. The smallest absolute Gasteiger partial charge is 0.315 e. The molecule has 1 aromatic carbocycles. The molecule has 2 rings (SSSR count). The molecular formula is C17H24FN3O2. The topological polar surface area (TPSA) is 70.2 Å². The maximum absolute atomic E-state index is 13.0. The van der Waals surface area contributed by atoms with E-state index in [4.69, 9.17) is 0 Å². The van der Waals surface area contributed by atoms with E-state index in [1.54, 1.807) is 12.1 Å². The lowest BCUT2D eigenvalue weighted by atomic mass is 9.96. The molecule has 1 aliphatic heterocycles. The first-order valence-corrected chi connectivity index (χ1v) is 8.05. The molecular weight excluding hydrogens is 297 g/mol. The van der Waals surface area contributed by atoms with E-state index in [0.717, 1.165) is 12.0 Å². The van der Waals surface area contributed by atoms with Crippen molar-refractivity contribution < 1.29 is 14.0 Å². The molecule has 1 aromatic rings. The lowest BCUT2D eigenvalue weighted by molar-refractivity contribution is -0.124. The predicted molar refractivity (Wildman–Crippen MR) is 86.4 cm³/mol. The van der Waals surface area contributed by atoms with Gasteiger partial charge in [-0.3, -0.25) is 4.79 Å². The standard InChI is InChI=1S/C17H24FN3O2/c1-11(2)15(10-12-5-7-13(18)8-6-12)21-17(23)20-14-4-3-9-19-16(14)22/h5-8,11,14-15H,3-4,9-10H2,1-2H3,(H,19,22)(H2,20,21,23)/t14-,15-/m0/s1. The van der Waals surface area contributed by atoms with Gasteiger partial charge < -0.3 is 16.0 Å². The van der Waals surface area contributed by atoms with E-state index in [1.165, 1.54) is 12.1 Å². The fourth-order valence-electron chi connectivity index (χ4n) is 2.61. The summed E-state index contributed by atoms with van der Waals surface area (Å²) in [7, 11) is 0. The molecule has 3 amide bonds. The number of hydrogen-bond acceptors (Lipinski definition) is 2. The van der Waals surface area contributed by atoms with Crippen LogP contribution in [0.3, 0.4) is 0 Å². The Morgan fingerprint density at radius 1 is 1.35 bits per heavy atom. The molecule has 126 valence electrons. The van der Waals surface area contributed by atoms with Crippen LogP contribution in [0.5, 0.6) is 0 Å². The van der Waals surface area contributed by atoms with Gasteiger partial charge in [-0.15, -0.1) is 0 Å². The Balaban J connectivity index is 1.91. The number of nitrogens with one attached hydrogen (secondary N) is 3. The van der Waals surface area contributed by atoms with E-state index in [1.807, 2.05) is 13.8 Å². The lowest BCUT2D eigenvalue weighted by Crippen LogP contribution is -2.55. The monoisotopic (exact) mass is 321 g/mol. The average Bonchev–Trinajstić information content (AvgIpc) is 2.51. The Bertz CT molecular complexity index is 545. The van der Waals surface area contributed by atoms with Gasteiger partial charge in [0.15, 0.2) is 0 Å². The van der Waals surface area contributed by atoms with Gasteiger partial charge in [0.25, 0.3) is 0 Å². The molecule has 0 unspecified atom stereocenters. The van der Waals surface area contributed by atoms with E-state index in [0.29, 0.717) is 19.4 Å². The number of amides is 3. The number of carbonyl (C=O) groups is 2. The third-order valence-electron chi connectivity index (χ3n) is 4.08. The minimum absolute atomic E-state index is 0.0906. The van der Waals surface area contributed by atoms with Crippen molar-refractivity contribution in [3.05, 3.63) is 35.6 Å². The first kappa shape index (κ1) is 17.2. The summed E-state index contributed by atoms with van der Waals surface area (Å²) in [5.74, 6) is -0.194. The minimum Gasteiger partial charge on any atom is -0.354 e. The third kappa shape index (κ3) is 5.23. The van der Waals surface area contributed by atoms with Crippen LogP contribution in [-0.2, 0) is 11.2 Å². The van der Waals surface area contributed by atoms with Gasteiger partial charge in [-0.2, -0.15) is 0 Å². The minimum atomic E-state index is -0.470. The lowest BCUT2D eigenvalue weighted by Gasteiger charge is -2.26. The number of piperidine rings is 1. The fourth-order valence-corrected chi connectivity index (χ4v) is 2.61. The van der Waals surface area contributed by atoms with Crippen molar-refractivity contribution >= 4 is 11.9 Å². The van der Waals surface area contributed by atoms with Crippen molar-refractivity contribution in [2.45, 2.75) is 45.2 Å². The molecule has 0 radical (unpaired) electrons. The molecule has 3 N–H and O–H groups in total. The highest BCUT2D eigenvalue weighted by molar-refractivity contribution is 5.87. The van der Waals surface area contributed by atoms with E-state index in [9.17, 15) is 14.0 Å². The predicted octanol–water partition coefficient (Wildman–Crippen LogP) is 1.97. The number of rotatable bonds is 5. The second-order valence-corrected chi connectivity index (χ2v) is 6.28. The van der Waals surface area contributed by atoms with Crippen molar-refractivity contribution in [1.29, 1.82) is 0 Å². The highest BCUT2D eigenvalue weighted by Gasteiger charge is 2.25. The van der Waals surface area contributed by atoms with Crippen LogP contribution in [0.25, 0.3) is 0 Å². The van der Waals surface area contributed by atoms with Crippen molar-refractivity contribution in [2.75, 3.05) is 6.54 Å². The molecule has 0 aliphatic carbocycles. The summed E-state index contributed by atoms with van der Waals surface area (Å²) in [5.41, 5.74) is 0.959. The second-order valence-electron chi connectivity index (χ2n) is 6.28. The highest BCUT2D eigenvalue weighted by atomic mass is 19.1. The van der Waals surface area contributed by atoms with E-state index in [-0.39, 0.29) is 29.7 Å². The quantitative estimate of drug-likeness (QED) is 0.776. The van der Waals surface area contributed by atoms with Gasteiger partial charge in [0.05, 0.1) is 0 Å². The molecule has 5 nitrogen and oxygen atoms in total. The summed E-state index contributed by atoms with van der Waals surface area (Å²) < 4.78 is 13.0.